The summed E-state index contributed by atoms with van der Waals surface area (Å²) in [4.78, 5) is 10.4. The quantitative estimate of drug-likeness (QED) is 0.229. The van der Waals surface area contributed by atoms with Gasteiger partial charge in [-0.15, -0.1) is 0 Å². The van der Waals surface area contributed by atoms with Crippen LogP contribution in [-0.4, -0.2) is 71.7 Å². The second kappa shape index (κ2) is 6.58. The summed E-state index contributed by atoms with van der Waals surface area (Å²) >= 11 is 0. The first kappa shape index (κ1) is 18.2. The van der Waals surface area contributed by atoms with Gasteiger partial charge >= 0.3 is 15.6 Å². The van der Waals surface area contributed by atoms with Gasteiger partial charge in [-0.05, 0) is 0 Å². The maximum atomic E-state index is 12.0. The number of halogens is 3. The first-order valence-electron chi connectivity index (χ1n) is 4.57. The van der Waals surface area contributed by atoms with Gasteiger partial charge in [-0.25, -0.2) is 4.18 Å². The third-order valence-corrected chi connectivity index (χ3v) is 2.97. The van der Waals surface area contributed by atoms with Gasteiger partial charge in [-0.2, -0.15) is 21.6 Å². The van der Waals surface area contributed by atoms with E-state index in [1.165, 1.54) is 0 Å². The Bertz CT molecular complexity index is 394. The van der Waals surface area contributed by atoms with E-state index in [-0.39, 0.29) is 0 Å². The topological polar surface area (TPSA) is 141 Å². The monoisotopic (exact) mass is 312 g/mol. The number of hydrogen-bond acceptors (Lipinski definition) is 8. The van der Waals surface area contributed by atoms with E-state index in [0.29, 0.717) is 0 Å². The minimum Gasteiger partial charge on any atom is -0.394 e. The molecule has 0 aliphatic heterocycles. The van der Waals surface area contributed by atoms with Crippen molar-refractivity contribution in [2.24, 2.45) is 0 Å². The van der Waals surface area contributed by atoms with Crippen molar-refractivity contribution in [3.63, 3.8) is 0 Å². The first-order valence-corrected chi connectivity index (χ1v) is 5.98. The number of alkyl halides is 3. The molecule has 4 N–H and O–H groups in total. The lowest BCUT2D eigenvalue weighted by atomic mass is 10.0. The Morgan fingerprint density at radius 3 is 1.95 bits per heavy atom. The maximum absolute atomic E-state index is 12.0. The molecule has 0 fully saturated rings. The molecule has 12 heteroatoms. The predicted octanol–water partition coefficient (Wildman–Crippen LogP) is -2.50. The van der Waals surface area contributed by atoms with Crippen LogP contribution in [-0.2, 0) is 19.1 Å². The molecule has 0 aliphatic carbocycles. The van der Waals surface area contributed by atoms with Crippen molar-refractivity contribution in [3.8, 4) is 0 Å². The Hall–Kier alpha value is -0.790. The van der Waals surface area contributed by atoms with Crippen LogP contribution in [0.5, 0.6) is 0 Å². The van der Waals surface area contributed by atoms with Gasteiger partial charge in [0, 0.05) is 0 Å². The molecule has 19 heavy (non-hydrogen) atoms. The number of carbonyl (C=O) groups is 1. The van der Waals surface area contributed by atoms with E-state index in [4.69, 9.17) is 15.3 Å². The Labute approximate surface area is 105 Å². The molecule has 114 valence electrons. The highest BCUT2D eigenvalue weighted by atomic mass is 32.2. The van der Waals surface area contributed by atoms with Gasteiger partial charge in [0.25, 0.3) is 0 Å². The normalized spacial score (nSPS) is 19.5. The maximum Gasteiger partial charge on any atom is 0.523 e. The van der Waals surface area contributed by atoms with Crippen LogP contribution >= 0.6 is 0 Å². The molecule has 0 aromatic carbocycles. The summed E-state index contributed by atoms with van der Waals surface area (Å²) in [5, 5.41) is 35.6. The molecule has 0 saturated carbocycles. The van der Waals surface area contributed by atoms with Gasteiger partial charge in [0.15, 0.2) is 12.4 Å². The predicted molar refractivity (Wildman–Crippen MR) is 51.0 cm³/mol. The molecule has 0 rings (SSSR count). The zero-order valence-corrected chi connectivity index (χ0v) is 9.87. The van der Waals surface area contributed by atoms with E-state index in [9.17, 15) is 31.5 Å². The molecule has 0 aromatic rings. The summed E-state index contributed by atoms with van der Waals surface area (Å²) in [5.41, 5.74) is -5.82. The molecule has 0 heterocycles. The number of aliphatic hydroxyl groups is 4. The molecular formula is C7H11F3O8S. The van der Waals surface area contributed by atoms with Crippen molar-refractivity contribution in [2.45, 2.75) is 29.9 Å². The second-order valence-electron chi connectivity index (χ2n) is 3.33. The van der Waals surface area contributed by atoms with Crippen molar-refractivity contribution < 1.29 is 51.0 Å². The Morgan fingerprint density at radius 2 is 1.63 bits per heavy atom. The van der Waals surface area contributed by atoms with Crippen LogP contribution < -0.4 is 0 Å². The zero-order chi connectivity index (χ0) is 15.4. The van der Waals surface area contributed by atoms with Crippen LogP contribution in [0.25, 0.3) is 0 Å². The molecule has 0 spiro atoms. The lowest BCUT2D eigenvalue weighted by Gasteiger charge is -2.25. The molecule has 0 radical (unpaired) electrons. The van der Waals surface area contributed by atoms with Crippen LogP contribution in [0.3, 0.4) is 0 Å². The summed E-state index contributed by atoms with van der Waals surface area (Å²) in [7, 11) is -6.17. The minimum atomic E-state index is -6.17. The van der Waals surface area contributed by atoms with E-state index < -0.39 is 52.9 Å². The van der Waals surface area contributed by atoms with Gasteiger partial charge in [0.1, 0.15) is 18.3 Å². The number of hydrogen-bond donors (Lipinski definition) is 4. The number of rotatable bonds is 7. The smallest absolute Gasteiger partial charge is 0.394 e. The van der Waals surface area contributed by atoms with Crippen molar-refractivity contribution in [1.82, 2.24) is 0 Å². The average molecular weight is 312 g/mol. The highest BCUT2D eigenvalue weighted by molar-refractivity contribution is 7.87. The van der Waals surface area contributed by atoms with Crippen molar-refractivity contribution in [3.05, 3.63) is 0 Å². The van der Waals surface area contributed by atoms with Crippen LogP contribution in [0.2, 0.25) is 0 Å². The Morgan fingerprint density at radius 1 is 1.16 bits per heavy atom. The van der Waals surface area contributed by atoms with Gasteiger partial charge in [-0.1, -0.05) is 0 Å². The third-order valence-electron chi connectivity index (χ3n) is 1.92. The largest absolute Gasteiger partial charge is 0.523 e. The number of carbonyl (C=O) groups excluding carboxylic acids is 1. The average Bonchev–Trinajstić information content (AvgIpc) is 2.31. The van der Waals surface area contributed by atoms with Crippen LogP contribution in [0.4, 0.5) is 13.2 Å². The third kappa shape index (κ3) is 4.67. The molecule has 8 nitrogen and oxygen atoms in total. The van der Waals surface area contributed by atoms with Gasteiger partial charge < -0.3 is 25.2 Å². The van der Waals surface area contributed by atoms with Crippen molar-refractivity contribution in [2.75, 3.05) is 6.61 Å². The van der Waals surface area contributed by atoms with E-state index in [2.05, 4.69) is 4.18 Å². The molecule has 0 aromatic heterocycles. The van der Waals surface area contributed by atoms with E-state index in [1.807, 2.05) is 0 Å². The molecular weight excluding hydrogens is 301 g/mol. The highest BCUT2D eigenvalue weighted by Crippen LogP contribution is 2.26. The summed E-state index contributed by atoms with van der Waals surface area (Å²) in [6, 6.07) is 0. The number of aliphatic hydroxyl groups excluding tert-OH is 4. The zero-order valence-electron chi connectivity index (χ0n) is 9.06. The lowest BCUT2D eigenvalue weighted by Crippen LogP contribution is -2.48. The highest BCUT2D eigenvalue weighted by Gasteiger charge is 2.50. The fraction of sp³-hybridized carbons (Fsp3) is 0.857. The van der Waals surface area contributed by atoms with Crippen LogP contribution in [0, 0.1) is 0 Å². The molecule has 0 unspecified atom stereocenters. The fourth-order valence-corrected chi connectivity index (χ4v) is 1.45. The standard InChI is InChI=1S/C7H11F3O8S/c8-7(9,10)19(16,17)18-4(2-12)6(15)5(14)3(13)1-11/h2-6,11,13-15H,1H2/t3-,4-,5-,6-/m1/s1. The minimum absolute atomic E-state index is 0.499. The summed E-state index contributed by atoms with van der Waals surface area (Å²) in [5.74, 6) is 0. The van der Waals surface area contributed by atoms with Gasteiger partial charge in [-0.3, -0.25) is 0 Å². The van der Waals surface area contributed by atoms with Crippen molar-refractivity contribution >= 4 is 16.4 Å². The van der Waals surface area contributed by atoms with E-state index in [0.717, 1.165) is 0 Å². The number of aldehydes is 1. The Balaban J connectivity index is 5.01. The summed E-state index contributed by atoms with van der Waals surface area (Å²) in [6.07, 6.45) is -9.88. The van der Waals surface area contributed by atoms with E-state index >= 15 is 0 Å². The SMILES string of the molecule is O=C[C@@H](OS(=O)(=O)C(F)(F)F)[C@@H](O)[C@H](O)[C@H](O)CO. The van der Waals surface area contributed by atoms with Gasteiger partial charge in [0.05, 0.1) is 6.61 Å². The molecule has 0 amide bonds. The van der Waals surface area contributed by atoms with Crippen LogP contribution in [0.15, 0.2) is 0 Å². The molecule has 0 aliphatic rings. The Kier molecular flexibility index (Phi) is 6.31. The first-order chi connectivity index (χ1) is 8.47. The molecule has 0 bridgehead atoms. The molecule has 4 atom stereocenters. The molecule has 0 saturated heterocycles. The van der Waals surface area contributed by atoms with Gasteiger partial charge in [0.2, 0.25) is 0 Å². The second-order valence-corrected chi connectivity index (χ2v) is 4.89. The van der Waals surface area contributed by atoms with Crippen molar-refractivity contribution in [1.29, 1.82) is 0 Å². The summed E-state index contributed by atoms with van der Waals surface area (Å²) < 4.78 is 60.4. The van der Waals surface area contributed by atoms with Crippen LogP contribution in [0.1, 0.15) is 0 Å². The lowest BCUT2D eigenvalue weighted by molar-refractivity contribution is -0.135. The van der Waals surface area contributed by atoms with E-state index in [1.54, 1.807) is 0 Å². The fourth-order valence-electron chi connectivity index (χ4n) is 0.891. The summed E-state index contributed by atoms with van der Waals surface area (Å²) in [6.45, 7) is -1.09.